The van der Waals surface area contributed by atoms with Crippen molar-refractivity contribution in [1.82, 2.24) is 30.1 Å². The molecule has 0 radical (unpaired) electrons. The predicted molar refractivity (Wildman–Crippen MR) is 119 cm³/mol. The highest BCUT2D eigenvalue weighted by Crippen LogP contribution is 2.32. The second-order valence-corrected chi connectivity index (χ2v) is 9.51. The van der Waals surface area contributed by atoms with Crippen LogP contribution in [0.3, 0.4) is 0 Å². The third-order valence-electron chi connectivity index (χ3n) is 6.15. The van der Waals surface area contributed by atoms with E-state index in [0.717, 1.165) is 59.3 Å². The smallest absolute Gasteiger partial charge is 0.253 e. The number of fused-ring (bicyclic) bond motifs is 1. The topological polar surface area (TPSA) is 79.7 Å². The van der Waals surface area contributed by atoms with Crippen LogP contribution in [0.2, 0.25) is 0 Å². The summed E-state index contributed by atoms with van der Waals surface area (Å²) in [4.78, 5) is 18.9. The number of hydrogen-bond donors (Lipinski definition) is 1. The van der Waals surface area contributed by atoms with Crippen molar-refractivity contribution in [3.63, 3.8) is 0 Å². The maximum absolute atomic E-state index is 13.4. The van der Waals surface area contributed by atoms with Crippen molar-refractivity contribution in [2.75, 3.05) is 13.1 Å². The lowest BCUT2D eigenvalue weighted by atomic mass is 9.98. The minimum Gasteiger partial charge on any atom is -0.321 e. The number of likely N-dealkylation sites (tertiary alicyclic amines) is 1. The zero-order valence-electron chi connectivity index (χ0n) is 18.7. The first-order valence-electron chi connectivity index (χ1n) is 10.9. The summed E-state index contributed by atoms with van der Waals surface area (Å²) in [6.07, 6.45) is 4.69. The van der Waals surface area contributed by atoms with Gasteiger partial charge in [-0.15, -0.1) is 5.10 Å². The summed E-state index contributed by atoms with van der Waals surface area (Å²) in [6.45, 7) is 12.3. The molecule has 2 aromatic heterocycles. The highest BCUT2D eigenvalue weighted by molar-refractivity contribution is 5.85. The molecule has 0 bridgehead atoms. The Morgan fingerprint density at radius 3 is 2.37 bits per heavy atom. The fraction of sp³-hybridized carbons (Fsp3) is 0.565. The molecule has 1 aliphatic rings. The quantitative estimate of drug-likeness (QED) is 0.712. The number of pyridine rings is 1. The molecule has 30 heavy (non-hydrogen) atoms. The third kappa shape index (κ3) is 3.78. The van der Waals surface area contributed by atoms with Crippen molar-refractivity contribution in [3.05, 3.63) is 51.1 Å². The Morgan fingerprint density at radius 2 is 1.70 bits per heavy atom. The van der Waals surface area contributed by atoms with Crippen LogP contribution >= 0.6 is 0 Å². The van der Waals surface area contributed by atoms with Gasteiger partial charge in [0.1, 0.15) is 6.04 Å². The lowest BCUT2D eigenvalue weighted by Gasteiger charge is -2.32. The van der Waals surface area contributed by atoms with E-state index in [9.17, 15) is 4.79 Å². The molecular weight excluding hydrogens is 376 g/mol. The number of rotatable bonds is 3. The van der Waals surface area contributed by atoms with Crippen LogP contribution in [0.1, 0.15) is 75.0 Å². The van der Waals surface area contributed by atoms with Gasteiger partial charge in [0.25, 0.3) is 5.56 Å². The molecule has 3 aromatic rings. The SMILES string of the molecule is Cc1ccc(C)c2[nH]c(=O)c([C@@H](c3nnnn3C(C)(C)C)N3CCCCCC3)cc12. The lowest BCUT2D eigenvalue weighted by molar-refractivity contribution is 0.208. The van der Waals surface area contributed by atoms with Crippen molar-refractivity contribution in [2.24, 2.45) is 0 Å². The standard InChI is InChI=1S/C23H32N6O/c1-15-10-11-16(2)19-17(15)14-18(22(30)24-19)20(28-12-8-6-7-9-13-28)21-25-26-27-29(21)23(3,4)5/h10-11,14,20H,6-9,12-13H2,1-5H3,(H,24,30)/t20-/m0/s1. The van der Waals surface area contributed by atoms with Crippen molar-refractivity contribution in [3.8, 4) is 0 Å². The number of nitrogens with one attached hydrogen (secondary N) is 1. The number of aromatic nitrogens is 5. The Kier molecular flexibility index (Phi) is 5.49. The lowest BCUT2D eigenvalue weighted by Crippen LogP contribution is -2.38. The molecule has 160 valence electrons. The van der Waals surface area contributed by atoms with Crippen molar-refractivity contribution < 1.29 is 0 Å². The fourth-order valence-electron chi connectivity index (χ4n) is 4.49. The van der Waals surface area contributed by atoms with E-state index >= 15 is 0 Å². The molecular formula is C23H32N6O. The number of benzene rings is 1. The van der Waals surface area contributed by atoms with E-state index in [1.54, 1.807) is 0 Å². The molecule has 0 aliphatic carbocycles. The minimum atomic E-state index is -0.279. The van der Waals surface area contributed by atoms with E-state index in [2.05, 4.69) is 71.3 Å². The van der Waals surface area contributed by atoms with E-state index in [1.807, 2.05) is 11.6 Å². The number of tetrazole rings is 1. The normalized spacial score (nSPS) is 17.2. The van der Waals surface area contributed by atoms with Gasteiger partial charge in [0.05, 0.1) is 11.1 Å². The Labute approximate surface area is 177 Å². The number of nitrogens with zero attached hydrogens (tertiary/aromatic N) is 5. The van der Waals surface area contributed by atoms with Gasteiger partial charge in [-0.05, 0) is 88.2 Å². The summed E-state index contributed by atoms with van der Waals surface area (Å²) in [5.74, 6) is 0.736. The summed E-state index contributed by atoms with van der Waals surface area (Å²) in [7, 11) is 0. The van der Waals surface area contributed by atoms with Gasteiger partial charge in [-0.3, -0.25) is 9.69 Å². The largest absolute Gasteiger partial charge is 0.321 e. The van der Waals surface area contributed by atoms with E-state index < -0.39 is 0 Å². The number of H-pyrrole nitrogens is 1. The predicted octanol–water partition coefficient (Wildman–Crippen LogP) is 3.85. The van der Waals surface area contributed by atoms with Crippen LogP contribution in [0.15, 0.2) is 23.0 Å². The molecule has 1 atom stereocenters. The molecule has 4 rings (SSSR count). The number of aromatic amines is 1. The summed E-state index contributed by atoms with van der Waals surface area (Å²) in [6, 6.07) is 5.96. The molecule has 1 aromatic carbocycles. The molecule has 0 saturated carbocycles. The van der Waals surface area contributed by atoms with Gasteiger partial charge in [-0.2, -0.15) is 0 Å². The van der Waals surface area contributed by atoms with Gasteiger partial charge in [0.2, 0.25) is 0 Å². The van der Waals surface area contributed by atoms with Gasteiger partial charge >= 0.3 is 0 Å². The molecule has 0 spiro atoms. The van der Waals surface area contributed by atoms with Crippen LogP contribution in [0.25, 0.3) is 10.9 Å². The average molecular weight is 409 g/mol. The van der Waals surface area contributed by atoms with Crippen LogP contribution in [0, 0.1) is 13.8 Å². The van der Waals surface area contributed by atoms with Crippen molar-refractivity contribution >= 4 is 10.9 Å². The van der Waals surface area contributed by atoms with Gasteiger partial charge in [-0.25, -0.2) is 4.68 Å². The van der Waals surface area contributed by atoms with Gasteiger partial charge in [0, 0.05) is 10.9 Å². The van der Waals surface area contributed by atoms with E-state index in [0.29, 0.717) is 0 Å². The summed E-state index contributed by atoms with van der Waals surface area (Å²) in [5.41, 5.74) is 3.52. The molecule has 1 aliphatic heterocycles. The molecule has 1 fully saturated rings. The van der Waals surface area contributed by atoms with Gasteiger partial charge < -0.3 is 4.98 Å². The summed E-state index contributed by atoms with van der Waals surface area (Å²) in [5, 5.41) is 13.8. The molecule has 0 unspecified atom stereocenters. The Bertz CT molecular complexity index is 1100. The average Bonchev–Trinajstić information content (AvgIpc) is 3.03. The first-order valence-corrected chi connectivity index (χ1v) is 10.9. The zero-order chi connectivity index (χ0) is 21.5. The maximum Gasteiger partial charge on any atom is 0.253 e. The van der Waals surface area contributed by atoms with Crippen LogP contribution in [0.4, 0.5) is 0 Å². The third-order valence-corrected chi connectivity index (χ3v) is 6.15. The fourth-order valence-corrected chi connectivity index (χ4v) is 4.49. The van der Waals surface area contributed by atoms with Gasteiger partial charge in [-0.1, -0.05) is 25.0 Å². The van der Waals surface area contributed by atoms with Crippen LogP contribution in [-0.2, 0) is 5.54 Å². The monoisotopic (exact) mass is 408 g/mol. The molecule has 0 amide bonds. The first kappa shape index (κ1) is 20.7. The summed E-state index contributed by atoms with van der Waals surface area (Å²) < 4.78 is 1.87. The van der Waals surface area contributed by atoms with Crippen molar-refractivity contribution in [2.45, 2.75) is 71.9 Å². The highest BCUT2D eigenvalue weighted by Gasteiger charge is 2.33. The number of hydrogen-bond acceptors (Lipinski definition) is 5. The zero-order valence-corrected chi connectivity index (χ0v) is 18.7. The van der Waals surface area contributed by atoms with Crippen molar-refractivity contribution in [1.29, 1.82) is 0 Å². The Morgan fingerprint density at radius 1 is 1.03 bits per heavy atom. The number of aryl methyl sites for hydroxylation is 2. The highest BCUT2D eigenvalue weighted by atomic mass is 16.1. The van der Waals surface area contributed by atoms with E-state index in [1.165, 1.54) is 12.8 Å². The molecule has 7 heteroatoms. The second-order valence-electron chi connectivity index (χ2n) is 9.51. The van der Waals surface area contributed by atoms with Gasteiger partial charge in [0.15, 0.2) is 5.82 Å². The molecule has 3 heterocycles. The first-order chi connectivity index (χ1) is 14.3. The Balaban J connectivity index is 1.95. The van der Waals surface area contributed by atoms with E-state index in [4.69, 9.17) is 0 Å². The van der Waals surface area contributed by atoms with Crippen LogP contribution in [0.5, 0.6) is 0 Å². The Hall–Kier alpha value is -2.54. The minimum absolute atomic E-state index is 0.0612. The molecule has 1 N–H and O–H groups in total. The molecule has 1 saturated heterocycles. The molecule has 7 nitrogen and oxygen atoms in total. The maximum atomic E-state index is 13.4. The van der Waals surface area contributed by atoms with Crippen LogP contribution < -0.4 is 5.56 Å². The second kappa shape index (κ2) is 7.95. The summed E-state index contributed by atoms with van der Waals surface area (Å²) >= 11 is 0. The van der Waals surface area contributed by atoms with Crippen LogP contribution in [-0.4, -0.2) is 43.2 Å². The van der Waals surface area contributed by atoms with E-state index in [-0.39, 0.29) is 17.1 Å².